The third kappa shape index (κ3) is 3.64. The second kappa shape index (κ2) is 6.14. The van der Waals surface area contributed by atoms with Gasteiger partial charge in [0.2, 0.25) is 0 Å². The monoisotopic (exact) mass is 283 g/mol. The summed E-state index contributed by atoms with van der Waals surface area (Å²) in [5, 5.41) is 15.2. The summed E-state index contributed by atoms with van der Waals surface area (Å²) in [6.07, 6.45) is -1.26. The van der Waals surface area contributed by atoms with Gasteiger partial charge in [0.15, 0.2) is 0 Å². The van der Waals surface area contributed by atoms with E-state index in [0.717, 1.165) is 25.5 Å². The molecule has 3 nitrogen and oxygen atoms in total. The minimum Gasteiger partial charge on any atom is -0.385 e. The molecule has 0 amide bonds. The Morgan fingerprint density at radius 1 is 1.40 bits per heavy atom. The Hall–Kier alpha value is -1.74. The van der Waals surface area contributed by atoms with Crippen LogP contribution in [0.3, 0.4) is 0 Å². The number of nitrogens with one attached hydrogen (secondary N) is 2. The van der Waals surface area contributed by atoms with Crippen LogP contribution in [0.1, 0.15) is 30.4 Å². The summed E-state index contributed by atoms with van der Waals surface area (Å²) in [5.41, 5.74) is -0.683. The first-order chi connectivity index (χ1) is 9.50. The molecule has 0 radical (unpaired) electrons. The lowest BCUT2D eigenvalue weighted by Crippen LogP contribution is -2.24. The van der Waals surface area contributed by atoms with Crippen molar-refractivity contribution in [2.24, 2.45) is 0 Å². The van der Waals surface area contributed by atoms with Gasteiger partial charge in [0, 0.05) is 18.3 Å². The smallest absolute Gasteiger partial charge is 0.385 e. The van der Waals surface area contributed by atoms with E-state index in [2.05, 4.69) is 10.6 Å². The predicted octanol–water partition coefficient (Wildman–Crippen LogP) is 3.13. The number of nitrogens with zero attached hydrogens (tertiary/aromatic N) is 1. The van der Waals surface area contributed by atoms with E-state index in [1.165, 1.54) is 18.6 Å². The summed E-state index contributed by atoms with van der Waals surface area (Å²) in [5.74, 6) is 0. The molecule has 0 bridgehead atoms. The maximum Gasteiger partial charge on any atom is 0.417 e. The standard InChI is InChI=1S/C14H16F3N3/c15-14(16,17)13-4-3-12(8-10(13)9-18)20-7-5-11-2-1-6-19-11/h3-4,8,11,19-20H,1-2,5-7H2/t11-/m0/s1. The Balaban J connectivity index is 1.97. The van der Waals surface area contributed by atoms with Crippen LogP contribution in [-0.2, 0) is 6.18 Å². The van der Waals surface area contributed by atoms with E-state index in [4.69, 9.17) is 5.26 Å². The molecule has 108 valence electrons. The van der Waals surface area contributed by atoms with Crippen LogP contribution < -0.4 is 10.6 Å². The molecule has 0 aliphatic carbocycles. The Morgan fingerprint density at radius 2 is 2.20 bits per heavy atom. The summed E-state index contributed by atoms with van der Waals surface area (Å²) in [7, 11) is 0. The molecule has 0 saturated carbocycles. The molecular weight excluding hydrogens is 267 g/mol. The molecule has 6 heteroatoms. The van der Waals surface area contributed by atoms with Gasteiger partial charge in [-0.15, -0.1) is 0 Å². The minimum absolute atomic E-state index is 0.346. The number of hydrogen-bond acceptors (Lipinski definition) is 3. The molecule has 20 heavy (non-hydrogen) atoms. The molecule has 1 aromatic rings. The lowest BCUT2D eigenvalue weighted by atomic mass is 10.1. The fourth-order valence-electron chi connectivity index (χ4n) is 2.39. The van der Waals surface area contributed by atoms with E-state index in [9.17, 15) is 13.2 Å². The van der Waals surface area contributed by atoms with Crippen molar-refractivity contribution in [3.05, 3.63) is 29.3 Å². The zero-order valence-electron chi connectivity index (χ0n) is 10.9. The van der Waals surface area contributed by atoms with Crippen molar-refractivity contribution in [3.8, 4) is 6.07 Å². The molecule has 0 unspecified atom stereocenters. The van der Waals surface area contributed by atoms with Gasteiger partial charge in [-0.05, 0) is 44.0 Å². The summed E-state index contributed by atoms with van der Waals surface area (Å²) < 4.78 is 37.9. The van der Waals surface area contributed by atoms with Gasteiger partial charge >= 0.3 is 6.18 Å². The largest absolute Gasteiger partial charge is 0.417 e. The maximum atomic E-state index is 12.6. The second-order valence-electron chi connectivity index (χ2n) is 4.88. The molecule has 0 spiro atoms. The third-order valence-corrected chi connectivity index (χ3v) is 3.43. The SMILES string of the molecule is N#Cc1cc(NCC[C@@H]2CCCN2)ccc1C(F)(F)F. The van der Waals surface area contributed by atoms with E-state index in [1.54, 1.807) is 6.07 Å². The quantitative estimate of drug-likeness (QED) is 0.892. The number of alkyl halides is 3. The summed E-state index contributed by atoms with van der Waals surface area (Å²) in [4.78, 5) is 0. The number of rotatable bonds is 4. The van der Waals surface area contributed by atoms with Gasteiger partial charge in [-0.25, -0.2) is 0 Å². The van der Waals surface area contributed by atoms with Crippen LogP contribution in [0.15, 0.2) is 18.2 Å². The second-order valence-corrected chi connectivity index (χ2v) is 4.88. The molecule has 0 aromatic heterocycles. The molecule has 2 rings (SSSR count). The highest BCUT2D eigenvalue weighted by Crippen LogP contribution is 2.32. The molecule has 2 N–H and O–H groups in total. The molecule has 1 aliphatic heterocycles. The number of halogens is 3. The first-order valence-corrected chi connectivity index (χ1v) is 6.59. The van der Waals surface area contributed by atoms with E-state index in [0.29, 0.717) is 18.3 Å². The van der Waals surface area contributed by atoms with Gasteiger partial charge in [-0.3, -0.25) is 0 Å². The minimum atomic E-state index is -4.49. The van der Waals surface area contributed by atoms with Crippen molar-refractivity contribution in [1.29, 1.82) is 5.26 Å². The van der Waals surface area contributed by atoms with Gasteiger partial charge in [-0.2, -0.15) is 18.4 Å². The zero-order valence-corrected chi connectivity index (χ0v) is 10.9. The highest BCUT2D eigenvalue weighted by molar-refractivity contribution is 5.53. The van der Waals surface area contributed by atoms with Crippen molar-refractivity contribution < 1.29 is 13.2 Å². The Labute approximate surface area is 115 Å². The van der Waals surface area contributed by atoms with Gasteiger partial charge in [0.1, 0.15) is 0 Å². The lowest BCUT2D eigenvalue weighted by molar-refractivity contribution is -0.137. The van der Waals surface area contributed by atoms with Crippen LogP contribution in [0, 0.1) is 11.3 Å². The van der Waals surface area contributed by atoms with Crippen LogP contribution in [0.2, 0.25) is 0 Å². The zero-order chi connectivity index (χ0) is 14.6. The van der Waals surface area contributed by atoms with Crippen molar-refractivity contribution in [3.63, 3.8) is 0 Å². The number of hydrogen-bond donors (Lipinski definition) is 2. The Morgan fingerprint density at radius 3 is 2.80 bits per heavy atom. The van der Waals surface area contributed by atoms with Crippen molar-refractivity contribution in [2.75, 3.05) is 18.4 Å². The highest BCUT2D eigenvalue weighted by Gasteiger charge is 2.33. The third-order valence-electron chi connectivity index (χ3n) is 3.43. The number of anilines is 1. The van der Waals surface area contributed by atoms with Crippen molar-refractivity contribution >= 4 is 5.69 Å². The Bertz CT molecular complexity index is 499. The number of benzene rings is 1. The summed E-state index contributed by atoms with van der Waals surface area (Å²) >= 11 is 0. The van der Waals surface area contributed by atoms with Crippen LogP contribution in [-0.4, -0.2) is 19.1 Å². The topological polar surface area (TPSA) is 47.9 Å². The van der Waals surface area contributed by atoms with E-state index in [1.807, 2.05) is 0 Å². The number of nitriles is 1. The summed E-state index contributed by atoms with van der Waals surface area (Å²) in [6, 6.07) is 5.66. The van der Waals surface area contributed by atoms with Crippen LogP contribution in [0.4, 0.5) is 18.9 Å². The average Bonchev–Trinajstić information content (AvgIpc) is 2.90. The Kier molecular flexibility index (Phi) is 4.50. The molecule has 1 saturated heterocycles. The van der Waals surface area contributed by atoms with Crippen LogP contribution >= 0.6 is 0 Å². The van der Waals surface area contributed by atoms with Gasteiger partial charge < -0.3 is 10.6 Å². The van der Waals surface area contributed by atoms with Gasteiger partial charge in [0.25, 0.3) is 0 Å². The molecule has 1 aromatic carbocycles. The highest BCUT2D eigenvalue weighted by atomic mass is 19.4. The molecule has 1 aliphatic rings. The van der Waals surface area contributed by atoms with Crippen molar-refractivity contribution in [2.45, 2.75) is 31.5 Å². The van der Waals surface area contributed by atoms with Crippen LogP contribution in [0.5, 0.6) is 0 Å². The fraction of sp³-hybridized carbons (Fsp3) is 0.500. The molecule has 1 heterocycles. The van der Waals surface area contributed by atoms with E-state index in [-0.39, 0.29) is 5.56 Å². The maximum absolute atomic E-state index is 12.6. The van der Waals surface area contributed by atoms with Gasteiger partial charge in [0.05, 0.1) is 17.2 Å². The molecular formula is C14H16F3N3. The van der Waals surface area contributed by atoms with E-state index >= 15 is 0 Å². The normalized spacial score (nSPS) is 18.8. The molecule has 1 fully saturated rings. The molecule has 1 atom stereocenters. The first kappa shape index (κ1) is 14.7. The van der Waals surface area contributed by atoms with Gasteiger partial charge in [-0.1, -0.05) is 0 Å². The van der Waals surface area contributed by atoms with E-state index < -0.39 is 11.7 Å². The van der Waals surface area contributed by atoms with Crippen molar-refractivity contribution in [1.82, 2.24) is 5.32 Å². The summed E-state index contributed by atoms with van der Waals surface area (Å²) in [6.45, 7) is 1.71. The first-order valence-electron chi connectivity index (χ1n) is 6.59. The predicted molar refractivity (Wildman–Crippen MR) is 70.3 cm³/mol. The average molecular weight is 283 g/mol. The van der Waals surface area contributed by atoms with Crippen LogP contribution in [0.25, 0.3) is 0 Å². The fourth-order valence-corrected chi connectivity index (χ4v) is 2.39. The lowest BCUT2D eigenvalue weighted by Gasteiger charge is -2.13.